The summed E-state index contributed by atoms with van der Waals surface area (Å²) in [5.41, 5.74) is 1.81. The number of hydrogen-bond acceptors (Lipinski definition) is 4. The Labute approximate surface area is 129 Å². The first-order valence-electron chi connectivity index (χ1n) is 6.66. The first kappa shape index (κ1) is 15.6. The monoisotopic (exact) mass is 307 g/mol. The number of rotatable bonds is 6. The number of halogens is 1. The normalized spacial score (nSPS) is 12.0. The van der Waals surface area contributed by atoms with Crippen molar-refractivity contribution in [3.63, 3.8) is 0 Å². The van der Waals surface area contributed by atoms with Crippen molar-refractivity contribution >= 4 is 17.3 Å². The van der Waals surface area contributed by atoms with E-state index in [4.69, 9.17) is 21.4 Å². The second-order valence-corrected chi connectivity index (χ2v) is 5.16. The molecule has 0 aliphatic heterocycles. The molecule has 0 aliphatic rings. The molecular weight excluding hydrogens is 290 g/mol. The minimum Gasteiger partial charge on any atom is -0.454 e. The van der Waals surface area contributed by atoms with Gasteiger partial charge in [0.05, 0.1) is 23.4 Å². The van der Waals surface area contributed by atoms with E-state index in [-0.39, 0.29) is 13.2 Å². The van der Waals surface area contributed by atoms with Crippen molar-refractivity contribution in [3.05, 3.63) is 53.1 Å². The fourth-order valence-corrected chi connectivity index (χ4v) is 1.98. The maximum absolute atomic E-state index is 9.41. The van der Waals surface area contributed by atoms with E-state index in [0.717, 1.165) is 5.56 Å². The zero-order valence-corrected chi connectivity index (χ0v) is 12.5. The van der Waals surface area contributed by atoms with E-state index in [9.17, 15) is 5.11 Å². The number of benzene rings is 2. The van der Waals surface area contributed by atoms with Crippen molar-refractivity contribution in [1.82, 2.24) is 0 Å². The van der Waals surface area contributed by atoms with Gasteiger partial charge in [0, 0.05) is 6.54 Å². The van der Waals surface area contributed by atoms with E-state index in [1.807, 2.05) is 31.2 Å². The molecule has 2 aromatic carbocycles. The third kappa shape index (κ3) is 4.36. The Morgan fingerprint density at radius 3 is 2.57 bits per heavy atom. The van der Waals surface area contributed by atoms with Crippen molar-refractivity contribution in [3.8, 4) is 11.5 Å². The molecule has 0 saturated heterocycles. The molecule has 21 heavy (non-hydrogen) atoms. The van der Waals surface area contributed by atoms with Gasteiger partial charge in [0.15, 0.2) is 5.75 Å². The summed E-state index contributed by atoms with van der Waals surface area (Å²) >= 11 is 6.18. The van der Waals surface area contributed by atoms with Crippen molar-refractivity contribution in [1.29, 1.82) is 0 Å². The highest BCUT2D eigenvalue weighted by molar-refractivity contribution is 6.32. The van der Waals surface area contributed by atoms with Crippen LogP contribution < -0.4 is 10.1 Å². The number of nitrogens with one attached hydrogen (secondary N) is 1. The Hall–Kier alpha value is -1.75. The molecule has 112 valence electrons. The van der Waals surface area contributed by atoms with E-state index in [1.54, 1.807) is 18.2 Å². The molecule has 0 fully saturated rings. The highest BCUT2D eigenvalue weighted by atomic mass is 35.5. The molecular formula is C16H18ClNO3. The number of aliphatic hydroxyl groups excluding tert-OH is 2. The van der Waals surface area contributed by atoms with E-state index in [1.165, 1.54) is 0 Å². The Balaban J connectivity index is 2.19. The molecule has 0 heterocycles. The highest BCUT2D eigenvalue weighted by Gasteiger charge is 2.11. The van der Waals surface area contributed by atoms with Gasteiger partial charge in [0.1, 0.15) is 5.75 Å². The summed E-state index contributed by atoms with van der Waals surface area (Å²) < 4.78 is 5.82. The molecule has 0 spiro atoms. The molecule has 1 unspecified atom stereocenters. The molecule has 1 atom stereocenters. The lowest BCUT2D eigenvalue weighted by Crippen LogP contribution is -2.23. The van der Waals surface area contributed by atoms with Gasteiger partial charge in [-0.1, -0.05) is 35.4 Å². The second kappa shape index (κ2) is 7.31. The van der Waals surface area contributed by atoms with Gasteiger partial charge in [-0.05, 0) is 31.2 Å². The molecule has 0 radical (unpaired) electrons. The molecule has 4 nitrogen and oxygen atoms in total. The van der Waals surface area contributed by atoms with E-state index >= 15 is 0 Å². The van der Waals surface area contributed by atoms with Gasteiger partial charge >= 0.3 is 0 Å². The molecule has 0 aromatic heterocycles. The molecule has 5 heteroatoms. The quantitative estimate of drug-likeness (QED) is 0.767. The maximum Gasteiger partial charge on any atom is 0.169 e. The third-order valence-corrected chi connectivity index (χ3v) is 3.24. The topological polar surface area (TPSA) is 61.7 Å². The summed E-state index contributed by atoms with van der Waals surface area (Å²) in [5, 5.41) is 21.8. The van der Waals surface area contributed by atoms with Crippen LogP contribution in [0.1, 0.15) is 5.56 Å². The summed E-state index contributed by atoms with van der Waals surface area (Å²) in [7, 11) is 0. The molecule has 0 amide bonds. The standard InChI is InChI=1S/C16H18ClNO3/c1-11-5-7-13(8-6-11)21-16-14(17)3-2-4-15(16)18-9-12(20)10-19/h2-8,12,18-20H,9-10H2,1H3. The predicted octanol–water partition coefficient (Wildman–Crippen LogP) is 3.21. The smallest absolute Gasteiger partial charge is 0.169 e. The van der Waals surface area contributed by atoms with Crippen molar-refractivity contribution in [2.45, 2.75) is 13.0 Å². The van der Waals surface area contributed by atoms with Gasteiger partial charge in [-0.25, -0.2) is 0 Å². The van der Waals surface area contributed by atoms with Crippen LogP contribution in [-0.4, -0.2) is 29.5 Å². The van der Waals surface area contributed by atoms with Gasteiger partial charge in [-0.3, -0.25) is 0 Å². The van der Waals surface area contributed by atoms with Crippen molar-refractivity contribution < 1.29 is 14.9 Å². The second-order valence-electron chi connectivity index (χ2n) is 4.75. The first-order chi connectivity index (χ1) is 10.1. The van der Waals surface area contributed by atoms with Crippen molar-refractivity contribution in [2.24, 2.45) is 0 Å². The lowest BCUT2D eigenvalue weighted by molar-refractivity contribution is 0.105. The zero-order chi connectivity index (χ0) is 15.2. The summed E-state index contributed by atoms with van der Waals surface area (Å²) in [6.07, 6.45) is -0.837. The van der Waals surface area contributed by atoms with Crippen LogP contribution in [-0.2, 0) is 0 Å². The van der Waals surface area contributed by atoms with Gasteiger partial charge in [0.25, 0.3) is 0 Å². The minimum atomic E-state index is -0.837. The highest BCUT2D eigenvalue weighted by Crippen LogP contribution is 2.36. The lowest BCUT2D eigenvalue weighted by Gasteiger charge is -2.16. The number of aryl methyl sites for hydroxylation is 1. The number of aliphatic hydroxyl groups is 2. The Bertz CT molecular complexity index is 587. The number of anilines is 1. The van der Waals surface area contributed by atoms with Crippen LogP contribution in [0.25, 0.3) is 0 Å². The Morgan fingerprint density at radius 2 is 1.90 bits per heavy atom. The van der Waals surface area contributed by atoms with Gasteiger partial charge in [-0.15, -0.1) is 0 Å². The third-order valence-electron chi connectivity index (χ3n) is 2.95. The fraction of sp³-hybridized carbons (Fsp3) is 0.250. The Kier molecular flexibility index (Phi) is 5.44. The number of ether oxygens (including phenoxy) is 1. The fourth-order valence-electron chi connectivity index (χ4n) is 1.77. The SMILES string of the molecule is Cc1ccc(Oc2c(Cl)cccc2NCC(O)CO)cc1. The van der Waals surface area contributed by atoms with Gasteiger partial charge in [-0.2, -0.15) is 0 Å². The predicted molar refractivity (Wildman–Crippen MR) is 84.3 cm³/mol. The van der Waals surface area contributed by atoms with Crippen LogP contribution in [0.4, 0.5) is 5.69 Å². The molecule has 3 N–H and O–H groups in total. The minimum absolute atomic E-state index is 0.209. The van der Waals surface area contributed by atoms with Crippen LogP contribution in [0.2, 0.25) is 5.02 Å². The molecule has 2 aromatic rings. The number of hydrogen-bond donors (Lipinski definition) is 3. The molecule has 0 bridgehead atoms. The van der Waals surface area contributed by atoms with Gasteiger partial charge < -0.3 is 20.3 Å². The summed E-state index contributed by atoms with van der Waals surface area (Å²) in [6.45, 7) is 1.91. The first-order valence-corrected chi connectivity index (χ1v) is 7.04. The Morgan fingerprint density at radius 1 is 1.19 bits per heavy atom. The largest absolute Gasteiger partial charge is 0.454 e. The summed E-state index contributed by atoms with van der Waals surface area (Å²) in [6, 6.07) is 13.0. The van der Waals surface area contributed by atoms with E-state index in [2.05, 4.69) is 5.32 Å². The summed E-state index contributed by atoms with van der Waals surface area (Å²) in [4.78, 5) is 0. The van der Waals surface area contributed by atoms with Crippen LogP contribution in [0.15, 0.2) is 42.5 Å². The number of para-hydroxylation sites is 1. The summed E-state index contributed by atoms with van der Waals surface area (Å²) in [5.74, 6) is 1.17. The van der Waals surface area contributed by atoms with Gasteiger partial charge in [0.2, 0.25) is 0 Å². The van der Waals surface area contributed by atoms with Crippen molar-refractivity contribution in [2.75, 3.05) is 18.5 Å². The van der Waals surface area contributed by atoms with Crippen LogP contribution in [0.5, 0.6) is 11.5 Å². The average Bonchev–Trinajstić information content (AvgIpc) is 2.49. The van der Waals surface area contributed by atoms with E-state index in [0.29, 0.717) is 22.2 Å². The zero-order valence-electron chi connectivity index (χ0n) is 11.7. The van der Waals surface area contributed by atoms with Crippen LogP contribution >= 0.6 is 11.6 Å². The molecule has 2 rings (SSSR count). The van der Waals surface area contributed by atoms with Crippen LogP contribution in [0.3, 0.4) is 0 Å². The average molecular weight is 308 g/mol. The molecule has 0 aliphatic carbocycles. The molecule has 0 saturated carbocycles. The van der Waals surface area contributed by atoms with E-state index < -0.39 is 6.10 Å². The maximum atomic E-state index is 9.41. The van der Waals surface area contributed by atoms with Crippen LogP contribution in [0, 0.1) is 6.92 Å². The lowest BCUT2D eigenvalue weighted by atomic mass is 10.2.